The number of hydrogen-bond donors (Lipinski definition) is 1. The Hall–Kier alpha value is -2.08. The first kappa shape index (κ1) is 18.3. The summed E-state index contributed by atoms with van der Waals surface area (Å²) < 4.78 is 1.90. The van der Waals surface area contributed by atoms with Gasteiger partial charge in [0.25, 0.3) is 0 Å². The van der Waals surface area contributed by atoms with E-state index in [0.29, 0.717) is 6.42 Å². The molecule has 0 amide bonds. The van der Waals surface area contributed by atoms with E-state index in [1.54, 1.807) is 11.8 Å². The number of nitrogens with one attached hydrogen (secondary N) is 1. The molecule has 1 aliphatic carbocycles. The van der Waals surface area contributed by atoms with Crippen LogP contribution in [0.3, 0.4) is 0 Å². The predicted molar refractivity (Wildman–Crippen MR) is 109 cm³/mol. The van der Waals surface area contributed by atoms with Crippen LogP contribution in [0.5, 0.6) is 0 Å². The van der Waals surface area contributed by atoms with Crippen molar-refractivity contribution in [1.29, 1.82) is 0 Å². The minimum Gasteiger partial charge on any atom is -0.328 e. The number of fused-ring (bicyclic) bond motifs is 1. The number of carbonyl (C=O) groups excluding carboxylic acids is 1. The van der Waals surface area contributed by atoms with Gasteiger partial charge in [0, 0.05) is 23.4 Å². The van der Waals surface area contributed by atoms with Crippen LogP contribution in [0, 0.1) is 12.3 Å². The lowest BCUT2D eigenvalue weighted by atomic mass is 9.73. The smallest absolute Gasteiger partial charge is 0.227 e. The molecule has 0 radical (unpaired) electrons. The molecule has 2 aliphatic rings. The van der Waals surface area contributed by atoms with Gasteiger partial charge in [0.1, 0.15) is 6.04 Å². The number of carbonyl (C=O) groups is 1. The summed E-state index contributed by atoms with van der Waals surface area (Å²) in [6.45, 7) is 8.53. The molecule has 0 bridgehead atoms. The van der Waals surface area contributed by atoms with Crippen molar-refractivity contribution in [2.75, 3.05) is 11.1 Å². The van der Waals surface area contributed by atoms with Crippen molar-refractivity contribution in [3.05, 3.63) is 46.7 Å². The molecular formula is C21H26N4OS. The minimum atomic E-state index is -0.205. The van der Waals surface area contributed by atoms with Gasteiger partial charge in [0.2, 0.25) is 11.1 Å². The van der Waals surface area contributed by atoms with E-state index in [9.17, 15) is 4.79 Å². The van der Waals surface area contributed by atoms with Crippen LogP contribution in [-0.2, 0) is 4.79 Å². The maximum atomic E-state index is 13.1. The Kier molecular flexibility index (Phi) is 4.62. The van der Waals surface area contributed by atoms with E-state index in [4.69, 9.17) is 10.1 Å². The van der Waals surface area contributed by atoms with E-state index < -0.39 is 0 Å². The predicted octanol–water partition coefficient (Wildman–Crippen LogP) is 4.75. The fourth-order valence-electron chi connectivity index (χ4n) is 3.90. The van der Waals surface area contributed by atoms with Gasteiger partial charge in [-0.3, -0.25) is 4.79 Å². The van der Waals surface area contributed by atoms with E-state index in [0.717, 1.165) is 46.5 Å². The molecule has 1 N–H and O–H groups in total. The van der Waals surface area contributed by atoms with Crippen LogP contribution >= 0.6 is 11.8 Å². The van der Waals surface area contributed by atoms with Crippen molar-refractivity contribution in [1.82, 2.24) is 14.8 Å². The highest BCUT2D eigenvalue weighted by Crippen LogP contribution is 2.45. The van der Waals surface area contributed by atoms with E-state index in [1.807, 2.05) is 4.68 Å². The first-order chi connectivity index (χ1) is 12.9. The molecular weight excluding hydrogens is 356 g/mol. The standard InChI is InChI=1S/C21H26N4OS/c1-5-10-27-20-23-19-22-15-11-21(3,4)12-16(26)17(15)18(25(19)24-20)14-8-6-13(2)7-9-14/h6-9,18H,5,10-12H2,1-4H3,(H,22,23,24). The Balaban J connectivity index is 1.83. The summed E-state index contributed by atoms with van der Waals surface area (Å²) in [6.07, 6.45) is 2.49. The average Bonchev–Trinajstić information content (AvgIpc) is 3.00. The summed E-state index contributed by atoms with van der Waals surface area (Å²) in [4.78, 5) is 17.8. The van der Waals surface area contributed by atoms with Crippen molar-refractivity contribution in [2.24, 2.45) is 5.41 Å². The molecule has 142 valence electrons. The molecule has 1 unspecified atom stereocenters. The molecule has 6 heteroatoms. The SMILES string of the molecule is CCCSc1nc2n(n1)C(c1ccc(C)cc1)C1=C(CC(C)(C)CC1=O)N2. The second-order valence-electron chi connectivity index (χ2n) is 8.28. The lowest BCUT2D eigenvalue weighted by Gasteiger charge is -2.38. The molecule has 1 aliphatic heterocycles. The third-order valence-electron chi connectivity index (χ3n) is 5.14. The second-order valence-corrected chi connectivity index (χ2v) is 9.34. The summed E-state index contributed by atoms with van der Waals surface area (Å²) in [7, 11) is 0. The van der Waals surface area contributed by atoms with Gasteiger partial charge in [-0.25, -0.2) is 4.68 Å². The molecule has 27 heavy (non-hydrogen) atoms. The van der Waals surface area contributed by atoms with Crippen molar-refractivity contribution >= 4 is 23.5 Å². The van der Waals surface area contributed by atoms with Gasteiger partial charge < -0.3 is 5.32 Å². The van der Waals surface area contributed by atoms with Crippen LogP contribution in [0.4, 0.5) is 5.95 Å². The van der Waals surface area contributed by atoms with Crippen molar-refractivity contribution < 1.29 is 4.79 Å². The Morgan fingerprint density at radius 1 is 1.26 bits per heavy atom. The number of ketones is 1. The fraction of sp³-hybridized carbons (Fsp3) is 0.476. The summed E-state index contributed by atoms with van der Waals surface area (Å²) in [5, 5.41) is 8.94. The van der Waals surface area contributed by atoms with Gasteiger partial charge in [-0.2, -0.15) is 4.98 Å². The molecule has 2 aromatic rings. The van der Waals surface area contributed by atoms with Crippen molar-refractivity contribution in [3.63, 3.8) is 0 Å². The van der Waals surface area contributed by atoms with Crippen LogP contribution in [0.25, 0.3) is 0 Å². The summed E-state index contributed by atoms with van der Waals surface area (Å²) in [6, 6.07) is 8.20. The molecule has 0 saturated carbocycles. The molecule has 1 aromatic heterocycles. The summed E-state index contributed by atoms with van der Waals surface area (Å²) in [5.41, 5.74) is 4.11. The second kappa shape index (κ2) is 6.82. The highest BCUT2D eigenvalue weighted by atomic mass is 32.2. The third-order valence-corrected chi connectivity index (χ3v) is 6.18. The maximum Gasteiger partial charge on any atom is 0.227 e. The van der Waals surface area contributed by atoms with Gasteiger partial charge in [-0.15, -0.1) is 5.10 Å². The maximum absolute atomic E-state index is 13.1. The Morgan fingerprint density at radius 3 is 2.70 bits per heavy atom. The number of allylic oxidation sites excluding steroid dienone is 2. The van der Waals surface area contributed by atoms with Crippen molar-refractivity contribution in [3.8, 4) is 0 Å². The van der Waals surface area contributed by atoms with E-state index >= 15 is 0 Å². The van der Waals surface area contributed by atoms with E-state index in [1.165, 1.54) is 5.56 Å². The molecule has 1 atom stereocenters. The largest absolute Gasteiger partial charge is 0.328 e. The molecule has 5 nitrogen and oxygen atoms in total. The summed E-state index contributed by atoms with van der Waals surface area (Å²) in [5.74, 6) is 1.93. The number of aromatic nitrogens is 3. The highest BCUT2D eigenvalue weighted by Gasteiger charge is 2.41. The zero-order valence-electron chi connectivity index (χ0n) is 16.4. The lowest BCUT2D eigenvalue weighted by molar-refractivity contribution is -0.118. The average molecular weight is 383 g/mol. The summed E-state index contributed by atoms with van der Waals surface area (Å²) >= 11 is 1.66. The normalized spacial score (nSPS) is 20.9. The molecule has 0 fully saturated rings. The molecule has 0 spiro atoms. The van der Waals surface area contributed by atoms with Gasteiger partial charge in [-0.05, 0) is 30.7 Å². The molecule has 0 saturated heterocycles. The van der Waals surface area contributed by atoms with Crippen LogP contribution in [0.15, 0.2) is 40.7 Å². The quantitative estimate of drug-likeness (QED) is 0.774. The number of benzene rings is 1. The van der Waals surface area contributed by atoms with E-state index in [2.05, 4.69) is 57.3 Å². The zero-order valence-corrected chi connectivity index (χ0v) is 17.2. The minimum absolute atomic E-state index is 0.0390. The number of rotatable bonds is 4. The van der Waals surface area contributed by atoms with Crippen molar-refractivity contribution in [2.45, 2.75) is 58.2 Å². The Bertz CT molecular complexity index is 911. The first-order valence-electron chi connectivity index (χ1n) is 9.57. The van der Waals surface area contributed by atoms with Crippen LogP contribution < -0.4 is 5.32 Å². The van der Waals surface area contributed by atoms with Crippen LogP contribution in [0.2, 0.25) is 0 Å². The number of nitrogens with zero attached hydrogens (tertiary/aromatic N) is 3. The van der Waals surface area contributed by atoms with E-state index in [-0.39, 0.29) is 17.2 Å². The van der Waals surface area contributed by atoms with Gasteiger partial charge >= 0.3 is 0 Å². The fourth-order valence-corrected chi connectivity index (χ4v) is 4.58. The van der Waals surface area contributed by atoms with Crippen LogP contribution in [0.1, 0.15) is 57.2 Å². The number of Topliss-reactive ketones (excluding diaryl/α,β-unsaturated/α-hetero) is 1. The van der Waals surface area contributed by atoms with Gasteiger partial charge in [0.15, 0.2) is 5.78 Å². The van der Waals surface area contributed by atoms with Gasteiger partial charge in [-0.1, -0.05) is 62.4 Å². The molecule has 2 heterocycles. The molecule has 1 aromatic carbocycles. The van der Waals surface area contributed by atoms with Crippen LogP contribution in [-0.4, -0.2) is 26.3 Å². The lowest BCUT2D eigenvalue weighted by Crippen LogP contribution is -2.36. The number of thioether (sulfide) groups is 1. The number of aryl methyl sites for hydroxylation is 1. The number of anilines is 1. The number of hydrogen-bond acceptors (Lipinski definition) is 5. The zero-order chi connectivity index (χ0) is 19.2. The first-order valence-corrected chi connectivity index (χ1v) is 10.6. The third kappa shape index (κ3) is 3.43. The molecule has 4 rings (SSSR count). The Morgan fingerprint density at radius 2 is 2.00 bits per heavy atom. The monoisotopic (exact) mass is 382 g/mol. The van der Waals surface area contributed by atoms with Gasteiger partial charge in [0.05, 0.1) is 0 Å². The topological polar surface area (TPSA) is 59.8 Å². The Labute approximate surface area is 164 Å². The highest BCUT2D eigenvalue weighted by molar-refractivity contribution is 7.99.